The zero-order valence-electron chi connectivity index (χ0n) is 8.21. The van der Waals surface area contributed by atoms with E-state index < -0.39 is 0 Å². The predicted molar refractivity (Wildman–Crippen MR) is 52.6 cm³/mol. The van der Waals surface area contributed by atoms with Crippen molar-refractivity contribution in [3.63, 3.8) is 0 Å². The highest BCUT2D eigenvalue weighted by atomic mass is 14.3. The molecular formula is C11H19N. The van der Waals surface area contributed by atoms with Gasteiger partial charge >= 0.3 is 0 Å². The van der Waals surface area contributed by atoms with Crippen LogP contribution in [0.5, 0.6) is 0 Å². The van der Waals surface area contributed by atoms with Gasteiger partial charge in [0, 0.05) is 5.92 Å². The molecular weight excluding hydrogens is 146 g/mol. The first-order valence-electron chi connectivity index (χ1n) is 4.78. The molecule has 1 heteroatoms. The van der Waals surface area contributed by atoms with Crippen molar-refractivity contribution in [3.05, 3.63) is 12.7 Å². The Kier molecular flexibility index (Phi) is 6.47. The van der Waals surface area contributed by atoms with Gasteiger partial charge in [0.25, 0.3) is 0 Å². The lowest BCUT2D eigenvalue weighted by atomic mass is 9.89. The van der Waals surface area contributed by atoms with E-state index in [1.807, 2.05) is 6.08 Å². The lowest BCUT2D eigenvalue weighted by Gasteiger charge is -2.14. The topological polar surface area (TPSA) is 23.8 Å². The summed E-state index contributed by atoms with van der Waals surface area (Å²) in [5.41, 5.74) is 0. The van der Waals surface area contributed by atoms with Crippen LogP contribution in [0, 0.1) is 23.2 Å². The molecule has 1 nitrogen and oxygen atoms in total. The first kappa shape index (κ1) is 11.2. The second-order valence-electron chi connectivity index (χ2n) is 3.27. The van der Waals surface area contributed by atoms with Crippen LogP contribution in [0.3, 0.4) is 0 Å². The summed E-state index contributed by atoms with van der Waals surface area (Å²) < 4.78 is 0. The van der Waals surface area contributed by atoms with Gasteiger partial charge in [-0.05, 0) is 25.2 Å². The number of nitriles is 1. The van der Waals surface area contributed by atoms with Gasteiger partial charge in [-0.15, -0.1) is 6.58 Å². The molecule has 0 N–H and O–H groups in total. The third kappa shape index (κ3) is 4.18. The second-order valence-corrected chi connectivity index (χ2v) is 3.27. The molecule has 0 aliphatic carbocycles. The number of allylic oxidation sites excluding steroid dienone is 1. The molecule has 0 aromatic heterocycles. The van der Waals surface area contributed by atoms with E-state index in [0.29, 0.717) is 5.92 Å². The summed E-state index contributed by atoms with van der Waals surface area (Å²) in [5.74, 6) is 0.905. The minimum Gasteiger partial charge on any atom is -0.198 e. The fraction of sp³-hybridized carbons (Fsp3) is 0.727. The predicted octanol–water partition coefficient (Wildman–Crippen LogP) is 3.53. The fourth-order valence-corrected chi connectivity index (χ4v) is 1.38. The fourth-order valence-electron chi connectivity index (χ4n) is 1.38. The van der Waals surface area contributed by atoms with Crippen LogP contribution in [0.1, 0.15) is 39.5 Å². The van der Waals surface area contributed by atoms with Crippen molar-refractivity contribution in [2.45, 2.75) is 39.5 Å². The molecule has 0 spiro atoms. The highest BCUT2D eigenvalue weighted by Gasteiger charge is 2.11. The zero-order valence-corrected chi connectivity index (χ0v) is 8.21. The molecule has 0 heterocycles. The van der Waals surface area contributed by atoms with Gasteiger partial charge in [0.05, 0.1) is 6.07 Å². The van der Waals surface area contributed by atoms with Crippen LogP contribution in [0.4, 0.5) is 0 Å². The molecule has 0 fully saturated rings. The van der Waals surface area contributed by atoms with E-state index in [1.165, 1.54) is 0 Å². The maximum absolute atomic E-state index is 8.76. The SMILES string of the molecule is C=CCC(CC)CC(C#N)CC. The number of hydrogen-bond acceptors (Lipinski definition) is 1. The lowest BCUT2D eigenvalue weighted by Crippen LogP contribution is -2.05. The van der Waals surface area contributed by atoms with Gasteiger partial charge in [0.1, 0.15) is 0 Å². The van der Waals surface area contributed by atoms with Gasteiger partial charge in [-0.25, -0.2) is 0 Å². The molecule has 0 aliphatic rings. The van der Waals surface area contributed by atoms with E-state index in [2.05, 4.69) is 26.5 Å². The van der Waals surface area contributed by atoms with Crippen molar-refractivity contribution in [1.29, 1.82) is 5.26 Å². The normalized spacial score (nSPS) is 14.8. The van der Waals surface area contributed by atoms with Crippen LogP contribution < -0.4 is 0 Å². The van der Waals surface area contributed by atoms with Gasteiger partial charge in [-0.3, -0.25) is 0 Å². The summed E-state index contributed by atoms with van der Waals surface area (Å²) in [5, 5.41) is 8.76. The Morgan fingerprint density at radius 2 is 2.08 bits per heavy atom. The number of hydrogen-bond donors (Lipinski definition) is 0. The smallest absolute Gasteiger partial charge is 0.0655 e. The van der Waals surface area contributed by atoms with Crippen molar-refractivity contribution in [1.82, 2.24) is 0 Å². The van der Waals surface area contributed by atoms with Crippen molar-refractivity contribution in [2.75, 3.05) is 0 Å². The molecule has 68 valence electrons. The van der Waals surface area contributed by atoms with Crippen LogP contribution in [-0.4, -0.2) is 0 Å². The molecule has 2 atom stereocenters. The Bertz CT molecular complexity index is 155. The van der Waals surface area contributed by atoms with E-state index in [-0.39, 0.29) is 5.92 Å². The van der Waals surface area contributed by atoms with Crippen LogP contribution in [0.15, 0.2) is 12.7 Å². The van der Waals surface area contributed by atoms with Crippen molar-refractivity contribution in [3.8, 4) is 6.07 Å². The molecule has 0 aromatic carbocycles. The minimum absolute atomic E-state index is 0.245. The van der Waals surface area contributed by atoms with Crippen LogP contribution in [0.2, 0.25) is 0 Å². The number of nitrogens with zero attached hydrogens (tertiary/aromatic N) is 1. The third-order valence-corrected chi connectivity index (χ3v) is 2.37. The van der Waals surface area contributed by atoms with Gasteiger partial charge in [-0.1, -0.05) is 26.3 Å². The van der Waals surface area contributed by atoms with Crippen molar-refractivity contribution in [2.24, 2.45) is 11.8 Å². The molecule has 0 aliphatic heterocycles. The first-order valence-corrected chi connectivity index (χ1v) is 4.78. The Morgan fingerprint density at radius 1 is 1.42 bits per heavy atom. The van der Waals surface area contributed by atoms with E-state index >= 15 is 0 Å². The average molecular weight is 165 g/mol. The molecule has 12 heavy (non-hydrogen) atoms. The van der Waals surface area contributed by atoms with Gasteiger partial charge in [-0.2, -0.15) is 5.26 Å². The summed E-state index contributed by atoms with van der Waals surface area (Å²) in [4.78, 5) is 0. The van der Waals surface area contributed by atoms with Crippen LogP contribution in [0.25, 0.3) is 0 Å². The number of rotatable bonds is 6. The third-order valence-electron chi connectivity index (χ3n) is 2.37. The largest absolute Gasteiger partial charge is 0.198 e. The Labute approximate surface area is 76.1 Å². The zero-order chi connectivity index (χ0) is 9.40. The molecule has 0 saturated heterocycles. The Morgan fingerprint density at radius 3 is 2.42 bits per heavy atom. The van der Waals surface area contributed by atoms with Crippen LogP contribution in [-0.2, 0) is 0 Å². The quantitative estimate of drug-likeness (QED) is 0.552. The molecule has 0 bridgehead atoms. The van der Waals surface area contributed by atoms with E-state index in [4.69, 9.17) is 5.26 Å². The summed E-state index contributed by atoms with van der Waals surface area (Å²) in [6.45, 7) is 7.98. The van der Waals surface area contributed by atoms with E-state index in [9.17, 15) is 0 Å². The molecule has 0 aromatic rings. The Hall–Kier alpha value is -0.770. The van der Waals surface area contributed by atoms with E-state index in [1.54, 1.807) is 0 Å². The maximum Gasteiger partial charge on any atom is 0.0655 e. The molecule has 0 amide bonds. The standard InChI is InChI=1S/C11H19N/c1-4-7-10(5-2)8-11(6-3)9-12/h4,10-11H,1,5-8H2,2-3H3. The van der Waals surface area contributed by atoms with Gasteiger partial charge < -0.3 is 0 Å². The van der Waals surface area contributed by atoms with Crippen molar-refractivity contribution >= 4 is 0 Å². The van der Waals surface area contributed by atoms with Crippen LogP contribution >= 0.6 is 0 Å². The first-order chi connectivity index (χ1) is 5.78. The lowest BCUT2D eigenvalue weighted by molar-refractivity contribution is 0.407. The van der Waals surface area contributed by atoms with Gasteiger partial charge in [0.15, 0.2) is 0 Å². The summed E-state index contributed by atoms with van der Waals surface area (Å²) >= 11 is 0. The van der Waals surface area contributed by atoms with E-state index in [0.717, 1.165) is 25.7 Å². The summed E-state index contributed by atoms with van der Waals surface area (Å²) in [6, 6.07) is 2.34. The molecule has 0 radical (unpaired) electrons. The van der Waals surface area contributed by atoms with Crippen molar-refractivity contribution < 1.29 is 0 Å². The summed E-state index contributed by atoms with van der Waals surface area (Å²) in [7, 11) is 0. The monoisotopic (exact) mass is 165 g/mol. The molecule has 0 saturated carbocycles. The second kappa shape index (κ2) is 6.91. The highest BCUT2D eigenvalue weighted by Crippen LogP contribution is 2.20. The highest BCUT2D eigenvalue weighted by molar-refractivity contribution is 4.85. The maximum atomic E-state index is 8.76. The minimum atomic E-state index is 0.245. The van der Waals surface area contributed by atoms with Gasteiger partial charge in [0.2, 0.25) is 0 Å². The average Bonchev–Trinajstić information content (AvgIpc) is 2.12. The Balaban J connectivity index is 3.83. The summed E-state index contributed by atoms with van der Waals surface area (Å²) in [6.07, 6.45) is 6.18. The molecule has 2 unspecified atom stereocenters. The molecule has 0 rings (SSSR count).